The van der Waals surface area contributed by atoms with E-state index in [9.17, 15) is 4.39 Å². The number of aryl methyl sites for hydroxylation is 1. The topological polar surface area (TPSA) is 66.6 Å². The molecule has 0 atom stereocenters. The Morgan fingerprint density at radius 1 is 1.13 bits per heavy atom. The third kappa shape index (κ3) is 5.08. The van der Waals surface area contributed by atoms with Gasteiger partial charge in [-0.05, 0) is 49.9 Å². The van der Waals surface area contributed by atoms with Gasteiger partial charge in [-0.3, -0.25) is 9.39 Å². The summed E-state index contributed by atoms with van der Waals surface area (Å²) in [6.45, 7) is 4.20. The second kappa shape index (κ2) is 10.2. The minimum Gasteiger partial charge on any atom is -0.357 e. The summed E-state index contributed by atoms with van der Waals surface area (Å²) in [6.07, 6.45) is 5.70. The van der Waals surface area contributed by atoms with Crippen LogP contribution in [0, 0.1) is 5.82 Å². The van der Waals surface area contributed by atoms with Crippen LogP contribution in [0.3, 0.4) is 0 Å². The summed E-state index contributed by atoms with van der Waals surface area (Å²) < 4.78 is 16.2. The predicted octanol–water partition coefficient (Wildman–Crippen LogP) is 3.71. The molecule has 160 valence electrons. The molecular weight excluding hydrogens is 494 g/mol. The van der Waals surface area contributed by atoms with Crippen LogP contribution in [0.5, 0.6) is 0 Å². The van der Waals surface area contributed by atoms with Crippen molar-refractivity contribution in [1.29, 1.82) is 0 Å². The van der Waals surface area contributed by atoms with Gasteiger partial charge in [0.15, 0.2) is 11.6 Å². The highest BCUT2D eigenvalue weighted by Gasteiger charge is 2.45. The lowest BCUT2D eigenvalue weighted by Gasteiger charge is -2.16. The number of aliphatic imine (C=N–C) groups is 1. The lowest BCUT2D eigenvalue weighted by Crippen LogP contribution is -2.38. The van der Waals surface area contributed by atoms with E-state index in [-0.39, 0.29) is 35.2 Å². The number of guanidine groups is 1. The standard InChI is InChI=1S/C22H27FN6.HI/c1-2-24-21(26-16-22(12-13-22)17-8-3-4-9-18(17)23)25-14-7-11-20-28-27-19-10-5-6-15-29(19)20;/h3-6,8-10,15H,2,7,11-14,16H2,1H3,(H2,24,25,26);1H. The van der Waals surface area contributed by atoms with Gasteiger partial charge >= 0.3 is 0 Å². The zero-order valence-electron chi connectivity index (χ0n) is 17.1. The lowest BCUT2D eigenvalue weighted by molar-refractivity contribution is 0.572. The van der Waals surface area contributed by atoms with Crippen LogP contribution in [0.1, 0.15) is 37.6 Å². The summed E-state index contributed by atoms with van der Waals surface area (Å²) in [6, 6.07) is 13.0. The SMILES string of the molecule is CCNC(=NCC1(c2ccccc2F)CC1)NCCCc1nnc2ccccn12.I. The van der Waals surface area contributed by atoms with E-state index in [2.05, 4.69) is 20.8 Å². The van der Waals surface area contributed by atoms with E-state index in [0.717, 1.165) is 61.8 Å². The van der Waals surface area contributed by atoms with E-state index in [1.165, 1.54) is 6.07 Å². The van der Waals surface area contributed by atoms with E-state index in [0.29, 0.717) is 6.54 Å². The van der Waals surface area contributed by atoms with Gasteiger partial charge in [0.25, 0.3) is 0 Å². The van der Waals surface area contributed by atoms with E-state index < -0.39 is 0 Å². The van der Waals surface area contributed by atoms with Crippen molar-refractivity contribution >= 4 is 35.6 Å². The Morgan fingerprint density at radius 2 is 1.93 bits per heavy atom. The van der Waals surface area contributed by atoms with Gasteiger partial charge in [0.05, 0.1) is 6.54 Å². The maximum Gasteiger partial charge on any atom is 0.191 e. The van der Waals surface area contributed by atoms with Gasteiger partial charge < -0.3 is 10.6 Å². The van der Waals surface area contributed by atoms with Crippen molar-refractivity contribution in [3.63, 3.8) is 0 Å². The van der Waals surface area contributed by atoms with Crippen molar-refractivity contribution in [3.05, 3.63) is 65.9 Å². The summed E-state index contributed by atoms with van der Waals surface area (Å²) in [5.74, 6) is 1.61. The van der Waals surface area contributed by atoms with Crippen molar-refractivity contribution < 1.29 is 4.39 Å². The third-order valence-electron chi connectivity index (χ3n) is 5.44. The van der Waals surface area contributed by atoms with Crippen LogP contribution in [0.4, 0.5) is 4.39 Å². The first-order chi connectivity index (χ1) is 14.2. The fourth-order valence-electron chi connectivity index (χ4n) is 3.64. The monoisotopic (exact) mass is 522 g/mol. The normalized spacial score (nSPS) is 14.9. The number of halogens is 2. The zero-order chi connectivity index (χ0) is 20.1. The number of aromatic nitrogens is 3. The van der Waals surface area contributed by atoms with Gasteiger partial charge in [0.2, 0.25) is 0 Å². The second-order valence-electron chi connectivity index (χ2n) is 7.53. The van der Waals surface area contributed by atoms with Gasteiger partial charge in [-0.15, -0.1) is 34.2 Å². The van der Waals surface area contributed by atoms with E-state index >= 15 is 0 Å². The number of benzene rings is 1. The Hall–Kier alpha value is -2.23. The molecule has 0 aliphatic heterocycles. The minimum atomic E-state index is -0.145. The number of fused-ring (bicyclic) bond motifs is 1. The van der Waals surface area contributed by atoms with Crippen molar-refractivity contribution in [2.45, 2.75) is 38.0 Å². The summed E-state index contributed by atoms with van der Waals surface area (Å²) in [5.41, 5.74) is 1.51. The van der Waals surface area contributed by atoms with E-state index in [1.807, 2.05) is 47.9 Å². The molecule has 0 saturated heterocycles. The van der Waals surface area contributed by atoms with Crippen molar-refractivity contribution in [3.8, 4) is 0 Å². The third-order valence-corrected chi connectivity index (χ3v) is 5.44. The first kappa shape index (κ1) is 22.5. The van der Waals surface area contributed by atoms with Crippen LogP contribution in [0.2, 0.25) is 0 Å². The van der Waals surface area contributed by atoms with Crippen molar-refractivity contribution in [2.75, 3.05) is 19.6 Å². The summed E-state index contributed by atoms with van der Waals surface area (Å²) in [7, 11) is 0. The highest BCUT2D eigenvalue weighted by atomic mass is 127. The van der Waals surface area contributed by atoms with Gasteiger partial charge in [-0.1, -0.05) is 24.3 Å². The highest BCUT2D eigenvalue weighted by Crippen LogP contribution is 2.49. The molecule has 4 rings (SSSR count). The molecule has 1 aliphatic carbocycles. The highest BCUT2D eigenvalue weighted by molar-refractivity contribution is 14.0. The maximum absolute atomic E-state index is 14.2. The minimum absolute atomic E-state index is 0. The number of rotatable bonds is 8. The molecule has 1 fully saturated rings. The molecule has 6 nitrogen and oxygen atoms in total. The molecule has 1 aliphatic rings. The molecule has 0 amide bonds. The Morgan fingerprint density at radius 3 is 2.70 bits per heavy atom. The molecule has 0 unspecified atom stereocenters. The van der Waals surface area contributed by atoms with Crippen LogP contribution >= 0.6 is 24.0 Å². The molecule has 8 heteroatoms. The van der Waals surface area contributed by atoms with Gasteiger partial charge in [0, 0.05) is 31.1 Å². The molecule has 2 N–H and O–H groups in total. The molecule has 3 aromatic rings. The number of hydrogen-bond donors (Lipinski definition) is 2. The fourth-order valence-corrected chi connectivity index (χ4v) is 3.64. The number of nitrogens with one attached hydrogen (secondary N) is 2. The first-order valence-electron chi connectivity index (χ1n) is 10.3. The van der Waals surface area contributed by atoms with Gasteiger partial charge in [0.1, 0.15) is 11.6 Å². The van der Waals surface area contributed by atoms with Crippen LogP contribution in [-0.2, 0) is 11.8 Å². The van der Waals surface area contributed by atoms with Crippen LogP contribution in [0.15, 0.2) is 53.7 Å². The van der Waals surface area contributed by atoms with Crippen LogP contribution < -0.4 is 10.6 Å². The Balaban J connectivity index is 0.00000256. The van der Waals surface area contributed by atoms with Gasteiger partial charge in [-0.25, -0.2) is 4.39 Å². The number of hydrogen-bond acceptors (Lipinski definition) is 3. The largest absolute Gasteiger partial charge is 0.357 e. The Bertz CT molecular complexity index is 998. The number of pyridine rings is 1. The smallest absolute Gasteiger partial charge is 0.191 e. The number of nitrogens with zero attached hydrogens (tertiary/aromatic N) is 4. The lowest BCUT2D eigenvalue weighted by atomic mass is 9.95. The molecule has 0 spiro atoms. The zero-order valence-corrected chi connectivity index (χ0v) is 19.5. The molecule has 2 heterocycles. The Labute approximate surface area is 193 Å². The molecule has 0 bridgehead atoms. The summed E-state index contributed by atoms with van der Waals surface area (Å²) in [5, 5.41) is 15.1. The average Bonchev–Trinajstić information content (AvgIpc) is 3.42. The summed E-state index contributed by atoms with van der Waals surface area (Å²) >= 11 is 0. The molecule has 30 heavy (non-hydrogen) atoms. The van der Waals surface area contributed by atoms with E-state index in [1.54, 1.807) is 6.07 Å². The second-order valence-corrected chi connectivity index (χ2v) is 7.53. The molecule has 1 saturated carbocycles. The van der Waals surface area contributed by atoms with E-state index in [4.69, 9.17) is 4.99 Å². The quantitative estimate of drug-likeness (QED) is 0.205. The predicted molar refractivity (Wildman–Crippen MR) is 128 cm³/mol. The van der Waals surface area contributed by atoms with Gasteiger partial charge in [-0.2, -0.15) is 0 Å². The molecule has 1 aromatic carbocycles. The summed E-state index contributed by atoms with van der Waals surface area (Å²) in [4.78, 5) is 4.74. The molecule has 0 radical (unpaired) electrons. The Kier molecular flexibility index (Phi) is 7.63. The van der Waals surface area contributed by atoms with Crippen LogP contribution in [-0.4, -0.2) is 40.2 Å². The van der Waals surface area contributed by atoms with Crippen molar-refractivity contribution in [1.82, 2.24) is 25.2 Å². The maximum atomic E-state index is 14.2. The molecule has 2 aromatic heterocycles. The fraction of sp³-hybridized carbons (Fsp3) is 0.409. The molecular formula is C22H28FIN6. The average molecular weight is 522 g/mol. The van der Waals surface area contributed by atoms with Crippen LogP contribution in [0.25, 0.3) is 5.65 Å². The van der Waals surface area contributed by atoms with Crippen molar-refractivity contribution in [2.24, 2.45) is 4.99 Å². The first-order valence-corrected chi connectivity index (χ1v) is 10.3.